The summed E-state index contributed by atoms with van der Waals surface area (Å²) in [6, 6.07) is 14.8. The molecule has 1 saturated carbocycles. The second-order valence-corrected chi connectivity index (χ2v) is 14.6. The molecule has 2 amide bonds. The number of piperazine rings is 1. The predicted octanol–water partition coefficient (Wildman–Crippen LogP) is 6.99. The van der Waals surface area contributed by atoms with Gasteiger partial charge in [0.2, 0.25) is 11.8 Å². The lowest BCUT2D eigenvalue weighted by atomic mass is 9.84. The lowest BCUT2D eigenvalue weighted by Crippen LogP contribution is -2.47. The Kier molecular flexibility index (Phi) is 9.48. The van der Waals surface area contributed by atoms with Crippen LogP contribution in [0.15, 0.2) is 73.3 Å². The lowest BCUT2D eigenvalue weighted by Gasteiger charge is -2.37. The molecular formula is C40H44F2N8O2. The maximum absolute atomic E-state index is 14.7. The number of piperidine rings is 1. The molecule has 2 saturated heterocycles. The molecule has 0 radical (unpaired) electrons. The van der Waals surface area contributed by atoms with Gasteiger partial charge in [-0.1, -0.05) is 12.1 Å². The Bertz CT molecular complexity index is 2080. The highest BCUT2D eigenvalue weighted by Crippen LogP contribution is 2.35. The Balaban J connectivity index is 0.798. The van der Waals surface area contributed by atoms with Crippen molar-refractivity contribution in [3.05, 3.63) is 96.1 Å². The smallest absolute Gasteiger partial charge is 0.234 e. The summed E-state index contributed by atoms with van der Waals surface area (Å²) in [5.74, 6) is -1.06. The number of hydrogen-bond acceptors (Lipinski definition) is 7. The fourth-order valence-electron chi connectivity index (χ4n) is 8.16. The molecule has 5 aromatic rings. The Hall–Kier alpha value is -5.10. The molecule has 3 aliphatic rings. The van der Waals surface area contributed by atoms with Crippen LogP contribution in [0.25, 0.3) is 16.9 Å². The fourth-order valence-corrected chi connectivity index (χ4v) is 8.16. The van der Waals surface area contributed by atoms with Gasteiger partial charge in [-0.3, -0.25) is 28.9 Å². The Morgan fingerprint density at radius 3 is 2.48 bits per heavy atom. The first-order valence-electron chi connectivity index (χ1n) is 18.4. The number of anilines is 3. The van der Waals surface area contributed by atoms with Crippen LogP contribution in [0.5, 0.6) is 0 Å². The van der Waals surface area contributed by atoms with Crippen molar-refractivity contribution in [2.45, 2.75) is 63.8 Å². The van der Waals surface area contributed by atoms with Crippen molar-refractivity contribution in [1.29, 1.82) is 0 Å². The first-order chi connectivity index (χ1) is 25.3. The van der Waals surface area contributed by atoms with Crippen LogP contribution in [-0.4, -0.2) is 68.6 Å². The number of carbonyl (C=O) groups excluding carboxylic acids is 2. The minimum atomic E-state index is -0.609. The van der Waals surface area contributed by atoms with Crippen molar-refractivity contribution in [3.8, 4) is 11.3 Å². The third kappa shape index (κ3) is 7.04. The monoisotopic (exact) mass is 706 g/mol. The van der Waals surface area contributed by atoms with Gasteiger partial charge in [-0.05, 0) is 99.4 Å². The van der Waals surface area contributed by atoms with Crippen LogP contribution >= 0.6 is 0 Å². The summed E-state index contributed by atoms with van der Waals surface area (Å²) in [7, 11) is 0. The molecule has 2 aliphatic heterocycles. The van der Waals surface area contributed by atoms with Crippen LogP contribution in [0.2, 0.25) is 0 Å². The number of amides is 2. The molecular weight excluding hydrogens is 662 g/mol. The third-order valence-electron chi connectivity index (χ3n) is 11.3. The average molecular weight is 707 g/mol. The lowest BCUT2D eigenvalue weighted by molar-refractivity contribution is -0.134. The Morgan fingerprint density at radius 1 is 0.923 bits per heavy atom. The Labute approximate surface area is 301 Å². The van der Waals surface area contributed by atoms with Crippen molar-refractivity contribution in [2.24, 2.45) is 5.92 Å². The van der Waals surface area contributed by atoms with E-state index in [1.165, 1.54) is 31.0 Å². The highest BCUT2D eigenvalue weighted by Gasteiger charge is 2.29. The van der Waals surface area contributed by atoms with Gasteiger partial charge < -0.3 is 10.2 Å². The normalized spacial score (nSPS) is 21.4. The van der Waals surface area contributed by atoms with Crippen LogP contribution in [0.1, 0.15) is 68.0 Å². The molecule has 52 heavy (non-hydrogen) atoms. The number of fused-ring (bicyclic) bond motifs is 1. The number of rotatable bonds is 9. The molecule has 2 N–H and O–H groups in total. The standard InChI is InChI=1S/C40H44F2N8O2/c1-26-22-33(35(42)23-34(26)41)37-12-11-36(39-43-15-17-49(37)39)45-29-24-44-50(25-29)31-6-2-27(3-7-31)14-16-47-18-20-48(21-19-47)30-8-4-28(5-9-30)32-10-13-38(51)46-40(32)52/h4-5,8-9,11-12,15,17,22-25,27,31-32,45H,2-3,6-7,10,13-14,16,18-21H2,1H3,(H,46,51,52). The molecule has 0 spiro atoms. The number of aromatic nitrogens is 4. The highest BCUT2D eigenvalue weighted by molar-refractivity contribution is 6.01. The van der Waals surface area contributed by atoms with Crippen LogP contribution in [-0.2, 0) is 9.59 Å². The van der Waals surface area contributed by atoms with Gasteiger partial charge in [0.25, 0.3) is 0 Å². The number of hydrogen-bond donors (Lipinski definition) is 2. The number of imidazole rings is 1. The fraction of sp³-hybridized carbons (Fsp3) is 0.400. The van der Waals surface area contributed by atoms with Gasteiger partial charge >= 0.3 is 0 Å². The zero-order valence-electron chi connectivity index (χ0n) is 29.4. The van der Waals surface area contributed by atoms with Crippen molar-refractivity contribution in [2.75, 3.05) is 42.9 Å². The maximum atomic E-state index is 14.7. The summed E-state index contributed by atoms with van der Waals surface area (Å²) < 4.78 is 32.6. The van der Waals surface area contributed by atoms with E-state index in [2.05, 4.69) is 48.4 Å². The molecule has 2 aromatic carbocycles. The first-order valence-corrected chi connectivity index (χ1v) is 18.4. The third-order valence-corrected chi connectivity index (χ3v) is 11.3. The number of pyridine rings is 1. The second-order valence-electron chi connectivity index (χ2n) is 14.6. The largest absolute Gasteiger partial charge is 0.369 e. The number of benzene rings is 2. The molecule has 1 unspecified atom stereocenters. The van der Waals surface area contributed by atoms with Gasteiger partial charge in [-0.2, -0.15) is 5.10 Å². The Morgan fingerprint density at radius 2 is 1.71 bits per heavy atom. The predicted molar refractivity (Wildman–Crippen MR) is 197 cm³/mol. The van der Waals surface area contributed by atoms with Gasteiger partial charge in [0.05, 0.1) is 35.2 Å². The second kappa shape index (κ2) is 14.5. The minimum absolute atomic E-state index is 0.181. The summed E-state index contributed by atoms with van der Waals surface area (Å²) in [5.41, 5.74) is 5.77. The number of imide groups is 1. The summed E-state index contributed by atoms with van der Waals surface area (Å²) in [5, 5.41) is 10.6. The molecule has 0 bridgehead atoms. The SMILES string of the molecule is Cc1cc(-c2ccc(Nc3cnn(C4CCC(CCN5CCN(c6ccc(C7CCC(=O)NC7=O)cc6)CC5)CC4)c3)c3nccn23)c(F)cc1F. The van der Waals surface area contributed by atoms with Crippen LogP contribution < -0.4 is 15.5 Å². The van der Waals surface area contributed by atoms with Gasteiger partial charge in [-0.15, -0.1) is 0 Å². The van der Waals surface area contributed by atoms with E-state index < -0.39 is 11.6 Å². The van der Waals surface area contributed by atoms with E-state index in [-0.39, 0.29) is 17.7 Å². The maximum Gasteiger partial charge on any atom is 0.234 e. The van der Waals surface area contributed by atoms with Gasteiger partial charge in [0.15, 0.2) is 5.65 Å². The molecule has 10 nitrogen and oxygen atoms in total. The van der Waals surface area contributed by atoms with Crippen molar-refractivity contribution in [1.82, 2.24) is 29.4 Å². The molecule has 5 heterocycles. The van der Waals surface area contributed by atoms with Gasteiger partial charge in [-0.25, -0.2) is 13.8 Å². The van der Waals surface area contributed by atoms with E-state index in [1.807, 2.05) is 34.9 Å². The molecule has 3 fully saturated rings. The summed E-state index contributed by atoms with van der Waals surface area (Å²) in [6.45, 7) is 6.83. The van der Waals surface area contributed by atoms with Crippen LogP contribution in [0.3, 0.4) is 0 Å². The van der Waals surface area contributed by atoms with Gasteiger partial charge in [0.1, 0.15) is 11.6 Å². The number of nitrogens with one attached hydrogen (secondary N) is 2. The van der Waals surface area contributed by atoms with Crippen molar-refractivity contribution < 1.29 is 18.4 Å². The molecule has 8 rings (SSSR count). The quantitative estimate of drug-likeness (QED) is 0.160. The van der Waals surface area contributed by atoms with E-state index >= 15 is 0 Å². The first kappa shape index (κ1) is 34.0. The average Bonchev–Trinajstić information content (AvgIpc) is 3.84. The van der Waals surface area contributed by atoms with E-state index in [4.69, 9.17) is 5.10 Å². The van der Waals surface area contributed by atoms with E-state index in [0.717, 1.165) is 74.5 Å². The molecule has 12 heteroatoms. The number of halogens is 2. The summed E-state index contributed by atoms with van der Waals surface area (Å²) in [6.07, 6.45) is 14.2. The molecule has 3 aromatic heterocycles. The van der Waals surface area contributed by atoms with E-state index in [9.17, 15) is 18.4 Å². The van der Waals surface area contributed by atoms with Crippen molar-refractivity contribution >= 4 is 34.5 Å². The number of nitrogens with zero attached hydrogens (tertiary/aromatic N) is 6. The highest BCUT2D eigenvalue weighted by atomic mass is 19.1. The molecule has 270 valence electrons. The number of carbonyl (C=O) groups is 2. The van der Waals surface area contributed by atoms with E-state index in [0.29, 0.717) is 41.4 Å². The minimum Gasteiger partial charge on any atom is -0.369 e. The zero-order valence-corrected chi connectivity index (χ0v) is 29.4. The van der Waals surface area contributed by atoms with E-state index in [1.54, 1.807) is 19.3 Å². The van der Waals surface area contributed by atoms with Gasteiger partial charge in [0, 0.05) is 68.5 Å². The number of aryl methyl sites for hydroxylation is 1. The molecule has 1 aliphatic carbocycles. The summed E-state index contributed by atoms with van der Waals surface area (Å²) >= 11 is 0. The molecule has 1 atom stereocenters. The summed E-state index contributed by atoms with van der Waals surface area (Å²) in [4.78, 5) is 33.3. The topological polar surface area (TPSA) is 99.8 Å². The zero-order chi connectivity index (χ0) is 35.8. The van der Waals surface area contributed by atoms with Crippen LogP contribution in [0.4, 0.5) is 25.8 Å². The van der Waals surface area contributed by atoms with Crippen molar-refractivity contribution in [3.63, 3.8) is 0 Å². The van der Waals surface area contributed by atoms with Crippen LogP contribution in [0, 0.1) is 24.5 Å².